The van der Waals surface area contributed by atoms with Gasteiger partial charge in [-0.1, -0.05) is 0 Å². The third-order valence-electron chi connectivity index (χ3n) is 4.55. The Hall–Kier alpha value is -2.40. The first-order valence-corrected chi connectivity index (χ1v) is 8.20. The van der Waals surface area contributed by atoms with Crippen molar-refractivity contribution in [1.29, 1.82) is 0 Å². The van der Waals surface area contributed by atoms with Gasteiger partial charge in [-0.05, 0) is 67.3 Å². The molecular weight excluding hydrogens is 302 g/mol. The molecule has 3 rings (SSSR count). The third-order valence-corrected chi connectivity index (χ3v) is 4.55. The second kappa shape index (κ2) is 7.01. The van der Waals surface area contributed by atoms with Crippen molar-refractivity contribution in [3.05, 3.63) is 57.9 Å². The summed E-state index contributed by atoms with van der Waals surface area (Å²) in [5.74, 6) is 0.711. The van der Waals surface area contributed by atoms with Crippen LogP contribution in [-0.2, 0) is 19.5 Å². The zero-order valence-electron chi connectivity index (χ0n) is 14.4. The summed E-state index contributed by atoms with van der Waals surface area (Å²) in [5, 5.41) is 6.39. The molecule has 0 saturated heterocycles. The van der Waals surface area contributed by atoms with Crippen molar-refractivity contribution in [3.63, 3.8) is 0 Å². The Balaban J connectivity index is 1.76. The second-order valence-electron chi connectivity index (χ2n) is 6.12. The molecule has 0 spiro atoms. The van der Waals surface area contributed by atoms with Crippen LogP contribution in [0.3, 0.4) is 0 Å². The summed E-state index contributed by atoms with van der Waals surface area (Å²) in [5.41, 5.74) is 6.29. The number of hydrogen-bond donors (Lipinski definition) is 2. The van der Waals surface area contributed by atoms with Crippen molar-refractivity contribution in [2.24, 2.45) is 0 Å². The van der Waals surface area contributed by atoms with Crippen LogP contribution in [0.2, 0.25) is 0 Å². The fraction of sp³-hybridized carbons (Fsp3) is 0.368. The Morgan fingerprint density at radius 2 is 2.21 bits per heavy atom. The molecule has 0 fully saturated rings. The highest BCUT2D eigenvalue weighted by Crippen LogP contribution is 2.21. The Labute approximate surface area is 142 Å². The molecule has 5 heteroatoms. The van der Waals surface area contributed by atoms with Crippen molar-refractivity contribution >= 4 is 5.91 Å². The molecule has 5 nitrogen and oxygen atoms in total. The molecule has 24 heavy (non-hydrogen) atoms. The number of aromatic nitrogens is 1. The van der Waals surface area contributed by atoms with Gasteiger partial charge in [0.1, 0.15) is 5.75 Å². The molecule has 0 aliphatic carbocycles. The number of rotatable bonds is 4. The first-order chi connectivity index (χ1) is 11.6. The van der Waals surface area contributed by atoms with E-state index in [4.69, 9.17) is 4.74 Å². The quantitative estimate of drug-likeness (QED) is 0.905. The van der Waals surface area contributed by atoms with Gasteiger partial charge in [0.25, 0.3) is 5.91 Å². The SMILES string of the molecule is COc1ccc(C(=O)NCc2c(C)ncc3c2CCNC3)cc1C. The predicted octanol–water partition coefficient (Wildman–Crippen LogP) is 2.28. The number of nitrogens with one attached hydrogen (secondary N) is 2. The number of carbonyl (C=O) groups excluding carboxylic acids is 1. The largest absolute Gasteiger partial charge is 0.496 e. The van der Waals surface area contributed by atoms with Gasteiger partial charge in [0.2, 0.25) is 0 Å². The molecule has 1 aromatic carbocycles. The summed E-state index contributed by atoms with van der Waals surface area (Å²) in [6.07, 6.45) is 2.92. The van der Waals surface area contributed by atoms with Gasteiger partial charge in [0, 0.05) is 30.5 Å². The summed E-state index contributed by atoms with van der Waals surface area (Å²) in [6, 6.07) is 5.47. The number of carbonyl (C=O) groups is 1. The van der Waals surface area contributed by atoms with Crippen LogP contribution in [0.15, 0.2) is 24.4 Å². The van der Waals surface area contributed by atoms with Crippen LogP contribution in [0, 0.1) is 13.8 Å². The Bertz CT molecular complexity index is 771. The van der Waals surface area contributed by atoms with E-state index in [0.717, 1.165) is 42.1 Å². The van der Waals surface area contributed by atoms with Gasteiger partial charge >= 0.3 is 0 Å². The molecule has 0 atom stereocenters. The van der Waals surface area contributed by atoms with Crippen LogP contribution in [0.1, 0.15) is 38.3 Å². The van der Waals surface area contributed by atoms with Crippen LogP contribution < -0.4 is 15.4 Å². The standard InChI is InChI=1S/C19H23N3O2/c1-12-8-14(4-5-18(12)24-3)19(23)22-11-17-13(2)21-10-15-9-20-7-6-16(15)17/h4-5,8,10,20H,6-7,9,11H2,1-3H3,(H,22,23). The van der Waals surface area contributed by atoms with E-state index in [2.05, 4.69) is 15.6 Å². The van der Waals surface area contributed by atoms with E-state index >= 15 is 0 Å². The number of nitrogens with zero attached hydrogens (tertiary/aromatic N) is 1. The van der Waals surface area contributed by atoms with Crippen molar-refractivity contribution < 1.29 is 9.53 Å². The maximum absolute atomic E-state index is 12.5. The topological polar surface area (TPSA) is 63.2 Å². The van der Waals surface area contributed by atoms with Crippen LogP contribution in [-0.4, -0.2) is 24.5 Å². The van der Waals surface area contributed by atoms with E-state index in [0.29, 0.717) is 12.1 Å². The van der Waals surface area contributed by atoms with Crippen molar-refractivity contribution in [2.75, 3.05) is 13.7 Å². The van der Waals surface area contributed by atoms with E-state index in [1.165, 1.54) is 11.1 Å². The number of aryl methyl sites for hydroxylation is 2. The molecule has 2 N–H and O–H groups in total. The highest BCUT2D eigenvalue weighted by Gasteiger charge is 2.16. The molecule has 0 radical (unpaired) electrons. The maximum atomic E-state index is 12.5. The number of ether oxygens (including phenoxy) is 1. The molecule has 1 aliphatic rings. The molecule has 0 saturated carbocycles. The second-order valence-corrected chi connectivity index (χ2v) is 6.12. The Kier molecular flexibility index (Phi) is 4.81. The zero-order valence-corrected chi connectivity index (χ0v) is 14.4. The minimum Gasteiger partial charge on any atom is -0.496 e. The van der Waals surface area contributed by atoms with Crippen LogP contribution in [0.25, 0.3) is 0 Å². The van der Waals surface area contributed by atoms with Crippen LogP contribution in [0.5, 0.6) is 5.75 Å². The highest BCUT2D eigenvalue weighted by molar-refractivity contribution is 5.94. The van der Waals surface area contributed by atoms with Gasteiger partial charge in [-0.3, -0.25) is 9.78 Å². The maximum Gasteiger partial charge on any atom is 0.251 e. The molecule has 0 unspecified atom stereocenters. The van der Waals surface area contributed by atoms with Gasteiger partial charge < -0.3 is 15.4 Å². The fourth-order valence-corrected chi connectivity index (χ4v) is 3.17. The number of fused-ring (bicyclic) bond motifs is 1. The number of methoxy groups -OCH3 is 1. The molecule has 1 aromatic heterocycles. The van der Waals surface area contributed by atoms with Gasteiger partial charge in [-0.2, -0.15) is 0 Å². The molecule has 1 amide bonds. The Morgan fingerprint density at radius 3 is 2.96 bits per heavy atom. The lowest BCUT2D eigenvalue weighted by molar-refractivity contribution is 0.0950. The first kappa shape index (κ1) is 16.5. The lowest BCUT2D eigenvalue weighted by atomic mass is 9.96. The van der Waals surface area contributed by atoms with Crippen molar-refractivity contribution in [3.8, 4) is 5.75 Å². The molecule has 2 aromatic rings. The fourth-order valence-electron chi connectivity index (χ4n) is 3.17. The normalized spacial score (nSPS) is 13.3. The lowest BCUT2D eigenvalue weighted by Crippen LogP contribution is -2.28. The summed E-state index contributed by atoms with van der Waals surface area (Å²) in [7, 11) is 1.63. The summed E-state index contributed by atoms with van der Waals surface area (Å²) in [4.78, 5) is 16.9. The minimum absolute atomic E-state index is 0.0771. The van der Waals surface area contributed by atoms with Crippen LogP contribution in [0.4, 0.5) is 0 Å². The third kappa shape index (κ3) is 3.26. The zero-order chi connectivity index (χ0) is 17.1. The molecule has 126 valence electrons. The average Bonchev–Trinajstić information content (AvgIpc) is 2.60. The van der Waals surface area contributed by atoms with E-state index in [-0.39, 0.29) is 5.91 Å². The van der Waals surface area contributed by atoms with Gasteiger partial charge in [-0.25, -0.2) is 0 Å². The summed E-state index contributed by atoms with van der Waals surface area (Å²) in [6.45, 7) is 6.26. The van der Waals surface area contributed by atoms with Crippen molar-refractivity contribution in [1.82, 2.24) is 15.6 Å². The van der Waals surface area contributed by atoms with Crippen LogP contribution >= 0.6 is 0 Å². The number of benzene rings is 1. The Morgan fingerprint density at radius 1 is 1.38 bits per heavy atom. The van der Waals surface area contributed by atoms with E-state index in [1.807, 2.05) is 32.2 Å². The predicted molar refractivity (Wildman–Crippen MR) is 93.3 cm³/mol. The number of amides is 1. The van der Waals surface area contributed by atoms with E-state index in [1.54, 1.807) is 13.2 Å². The first-order valence-electron chi connectivity index (χ1n) is 8.20. The molecular formula is C19H23N3O2. The molecule has 1 aliphatic heterocycles. The lowest BCUT2D eigenvalue weighted by Gasteiger charge is -2.21. The van der Waals surface area contributed by atoms with Gasteiger partial charge in [0.15, 0.2) is 0 Å². The average molecular weight is 325 g/mol. The number of pyridine rings is 1. The molecule has 0 bridgehead atoms. The monoisotopic (exact) mass is 325 g/mol. The van der Waals surface area contributed by atoms with Gasteiger partial charge in [0.05, 0.1) is 7.11 Å². The summed E-state index contributed by atoms with van der Waals surface area (Å²) < 4.78 is 5.24. The van der Waals surface area contributed by atoms with Crippen molar-refractivity contribution in [2.45, 2.75) is 33.4 Å². The highest BCUT2D eigenvalue weighted by atomic mass is 16.5. The number of hydrogen-bond acceptors (Lipinski definition) is 4. The minimum atomic E-state index is -0.0771. The smallest absolute Gasteiger partial charge is 0.251 e. The van der Waals surface area contributed by atoms with E-state index in [9.17, 15) is 4.79 Å². The van der Waals surface area contributed by atoms with E-state index < -0.39 is 0 Å². The van der Waals surface area contributed by atoms with Gasteiger partial charge in [-0.15, -0.1) is 0 Å². The summed E-state index contributed by atoms with van der Waals surface area (Å²) >= 11 is 0. The molecule has 2 heterocycles.